The van der Waals surface area contributed by atoms with Crippen LogP contribution in [-0.2, 0) is 7.05 Å². The summed E-state index contributed by atoms with van der Waals surface area (Å²) in [6.07, 6.45) is 1.56. The lowest BCUT2D eigenvalue weighted by Crippen LogP contribution is -2.42. The molecule has 0 bridgehead atoms. The first-order chi connectivity index (χ1) is 12.5. The van der Waals surface area contributed by atoms with E-state index in [2.05, 4.69) is 10.4 Å². The Morgan fingerprint density at radius 1 is 1.27 bits per heavy atom. The van der Waals surface area contributed by atoms with E-state index in [4.69, 9.17) is 4.74 Å². The molecule has 0 saturated carbocycles. The molecule has 7 nitrogen and oxygen atoms in total. The summed E-state index contributed by atoms with van der Waals surface area (Å²) < 4.78 is 20.3. The zero-order valence-electron chi connectivity index (χ0n) is 14.5. The summed E-state index contributed by atoms with van der Waals surface area (Å²) in [5.74, 6) is 0.499. The standard InChI is InChI=1S/C18H21FN4O3/c1-22-17(24)7-6-16(21-22)20-18(25)23-10-8-13(9-11-23)12-26-15-5-3-2-4-14(15)19/h2-7,13H,8-12H2,1H3,(H,20,21,25). The number of nitrogens with zero attached hydrogens (tertiary/aromatic N) is 3. The second-order valence-electron chi connectivity index (χ2n) is 6.28. The minimum atomic E-state index is -0.367. The molecule has 26 heavy (non-hydrogen) atoms. The fourth-order valence-corrected chi connectivity index (χ4v) is 2.83. The van der Waals surface area contributed by atoms with Crippen LogP contribution in [0.2, 0.25) is 0 Å². The van der Waals surface area contributed by atoms with Crippen molar-refractivity contribution in [2.45, 2.75) is 12.8 Å². The highest BCUT2D eigenvalue weighted by molar-refractivity contribution is 5.88. The number of halogens is 1. The van der Waals surface area contributed by atoms with Gasteiger partial charge in [-0.05, 0) is 37.0 Å². The van der Waals surface area contributed by atoms with Crippen LogP contribution in [-0.4, -0.2) is 40.4 Å². The number of likely N-dealkylation sites (tertiary alicyclic amines) is 1. The maximum absolute atomic E-state index is 13.6. The molecule has 1 aromatic carbocycles. The molecule has 8 heteroatoms. The average Bonchev–Trinajstić information content (AvgIpc) is 2.64. The molecule has 0 radical (unpaired) electrons. The second kappa shape index (κ2) is 7.99. The number of rotatable bonds is 4. The number of para-hydroxylation sites is 1. The summed E-state index contributed by atoms with van der Waals surface area (Å²) in [4.78, 5) is 25.3. The summed E-state index contributed by atoms with van der Waals surface area (Å²) in [5.41, 5.74) is -0.237. The van der Waals surface area contributed by atoms with Crippen molar-refractivity contribution in [2.75, 3.05) is 25.0 Å². The number of hydrogen-bond donors (Lipinski definition) is 1. The molecular weight excluding hydrogens is 339 g/mol. The van der Waals surface area contributed by atoms with E-state index in [1.165, 1.54) is 29.9 Å². The highest BCUT2D eigenvalue weighted by Gasteiger charge is 2.23. The molecule has 2 heterocycles. The second-order valence-corrected chi connectivity index (χ2v) is 6.28. The predicted molar refractivity (Wildman–Crippen MR) is 94.7 cm³/mol. The Balaban J connectivity index is 1.47. The smallest absolute Gasteiger partial charge is 0.323 e. The molecule has 1 aliphatic heterocycles. The van der Waals surface area contributed by atoms with Crippen LogP contribution >= 0.6 is 0 Å². The number of carbonyl (C=O) groups excluding carboxylic acids is 1. The van der Waals surface area contributed by atoms with Gasteiger partial charge >= 0.3 is 6.03 Å². The van der Waals surface area contributed by atoms with Crippen LogP contribution in [0, 0.1) is 11.7 Å². The molecule has 2 aromatic rings. The topological polar surface area (TPSA) is 76.5 Å². The molecule has 1 fully saturated rings. The van der Waals surface area contributed by atoms with Crippen LogP contribution in [0.4, 0.5) is 15.0 Å². The number of aromatic nitrogens is 2. The summed E-state index contributed by atoms with van der Waals surface area (Å²) in [6, 6.07) is 8.93. The van der Waals surface area contributed by atoms with Gasteiger partial charge in [0.25, 0.3) is 5.56 Å². The molecule has 3 rings (SSSR count). The molecule has 1 aromatic heterocycles. The predicted octanol–water partition coefficient (Wildman–Crippen LogP) is 2.24. The van der Waals surface area contributed by atoms with Crippen molar-refractivity contribution in [3.05, 3.63) is 52.6 Å². The Labute approximate surface area is 150 Å². The van der Waals surface area contributed by atoms with E-state index >= 15 is 0 Å². The van der Waals surface area contributed by atoms with E-state index in [0.717, 1.165) is 12.8 Å². The Hall–Kier alpha value is -2.90. The van der Waals surface area contributed by atoms with Crippen LogP contribution in [0.15, 0.2) is 41.2 Å². The van der Waals surface area contributed by atoms with E-state index < -0.39 is 0 Å². The molecule has 1 aliphatic rings. The zero-order chi connectivity index (χ0) is 18.5. The quantitative estimate of drug-likeness (QED) is 0.907. The SMILES string of the molecule is Cn1nc(NC(=O)N2CCC(COc3ccccc3F)CC2)ccc1=O. The van der Waals surface area contributed by atoms with Crippen LogP contribution in [0.1, 0.15) is 12.8 Å². The molecule has 0 aliphatic carbocycles. The number of benzene rings is 1. The maximum atomic E-state index is 13.6. The van der Waals surface area contributed by atoms with Gasteiger partial charge in [-0.1, -0.05) is 12.1 Å². The van der Waals surface area contributed by atoms with Crippen LogP contribution in [0.5, 0.6) is 5.75 Å². The number of urea groups is 1. The van der Waals surface area contributed by atoms with Gasteiger partial charge in [-0.15, -0.1) is 0 Å². The first-order valence-corrected chi connectivity index (χ1v) is 8.50. The Morgan fingerprint density at radius 3 is 2.69 bits per heavy atom. The Bertz CT molecular complexity index is 831. The van der Waals surface area contributed by atoms with Gasteiger partial charge in [0.2, 0.25) is 0 Å². The Morgan fingerprint density at radius 2 is 2.00 bits per heavy atom. The number of anilines is 1. The molecule has 1 N–H and O–H groups in total. The van der Waals surface area contributed by atoms with Crippen molar-refractivity contribution in [2.24, 2.45) is 13.0 Å². The molecule has 2 amide bonds. The molecule has 0 unspecified atom stereocenters. The number of carbonyl (C=O) groups is 1. The fraction of sp³-hybridized carbons (Fsp3) is 0.389. The number of aryl methyl sites for hydroxylation is 1. The maximum Gasteiger partial charge on any atom is 0.323 e. The minimum absolute atomic E-state index is 0.237. The number of ether oxygens (including phenoxy) is 1. The largest absolute Gasteiger partial charge is 0.490 e. The zero-order valence-corrected chi connectivity index (χ0v) is 14.5. The monoisotopic (exact) mass is 360 g/mol. The molecule has 1 saturated heterocycles. The van der Waals surface area contributed by atoms with Gasteiger partial charge in [0.05, 0.1) is 6.61 Å². The van der Waals surface area contributed by atoms with Gasteiger partial charge in [0.1, 0.15) is 0 Å². The summed E-state index contributed by atoms with van der Waals surface area (Å²) in [5, 5.41) is 6.68. The lowest BCUT2D eigenvalue weighted by molar-refractivity contribution is 0.150. The van der Waals surface area contributed by atoms with E-state index in [1.54, 1.807) is 23.1 Å². The lowest BCUT2D eigenvalue weighted by Gasteiger charge is -2.31. The highest BCUT2D eigenvalue weighted by Crippen LogP contribution is 2.21. The molecular formula is C18H21FN4O3. The van der Waals surface area contributed by atoms with Gasteiger partial charge in [-0.2, -0.15) is 5.10 Å². The van der Waals surface area contributed by atoms with Crippen LogP contribution in [0.25, 0.3) is 0 Å². The van der Waals surface area contributed by atoms with Crippen LogP contribution in [0.3, 0.4) is 0 Å². The van der Waals surface area contributed by atoms with Crippen molar-refractivity contribution >= 4 is 11.8 Å². The first kappa shape index (κ1) is 17.9. The highest BCUT2D eigenvalue weighted by atomic mass is 19.1. The van der Waals surface area contributed by atoms with E-state index in [1.807, 2.05) is 0 Å². The number of amides is 2. The van der Waals surface area contributed by atoms with Gasteiger partial charge < -0.3 is 9.64 Å². The third kappa shape index (κ3) is 4.38. The van der Waals surface area contributed by atoms with Gasteiger partial charge in [-0.3, -0.25) is 10.1 Å². The summed E-state index contributed by atoms with van der Waals surface area (Å²) >= 11 is 0. The van der Waals surface area contributed by atoms with Crippen molar-refractivity contribution in [1.29, 1.82) is 0 Å². The fourth-order valence-electron chi connectivity index (χ4n) is 2.83. The number of nitrogens with one attached hydrogen (secondary N) is 1. The van der Waals surface area contributed by atoms with E-state index in [9.17, 15) is 14.0 Å². The third-order valence-corrected chi connectivity index (χ3v) is 4.41. The van der Waals surface area contributed by atoms with Crippen LogP contribution < -0.4 is 15.6 Å². The van der Waals surface area contributed by atoms with E-state index in [-0.39, 0.29) is 29.1 Å². The third-order valence-electron chi connectivity index (χ3n) is 4.41. The molecule has 0 spiro atoms. The van der Waals surface area contributed by atoms with Gasteiger partial charge in [-0.25, -0.2) is 13.9 Å². The average molecular weight is 360 g/mol. The number of piperidine rings is 1. The Kier molecular flexibility index (Phi) is 5.50. The summed E-state index contributed by atoms with van der Waals surface area (Å²) in [7, 11) is 1.53. The van der Waals surface area contributed by atoms with Gasteiger partial charge in [0.15, 0.2) is 17.4 Å². The first-order valence-electron chi connectivity index (χ1n) is 8.50. The van der Waals surface area contributed by atoms with Crippen molar-refractivity contribution in [3.8, 4) is 5.75 Å². The van der Waals surface area contributed by atoms with E-state index in [0.29, 0.717) is 25.5 Å². The molecule has 0 atom stereocenters. The normalized spacial score (nSPS) is 14.9. The van der Waals surface area contributed by atoms with Crippen molar-refractivity contribution in [1.82, 2.24) is 14.7 Å². The number of hydrogen-bond acceptors (Lipinski definition) is 4. The van der Waals surface area contributed by atoms with Gasteiger partial charge in [0, 0.05) is 26.2 Å². The molecule has 138 valence electrons. The van der Waals surface area contributed by atoms with Crippen molar-refractivity contribution < 1.29 is 13.9 Å². The summed E-state index contributed by atoms with van der Waals surface area (Å²) in [6.45, 7) is 1.60. The lowest BCUT2D eigenvalue weighted by atomic mass is 9.98. The van der Waals surface area contributed by atoms with Crippen molar-refractivity contribution in [3.63, 3.8) is 0 Å². The minimum Gasteiger partial charge on any atom is -0.490 e.